The summed E-state index contributed by atoms with van der Waals surface area (Å²) in [5.41, 5.74) is 1.93. The number of aliphatic hydroxyl groups is 1. The second-order valence-electron chi connectivity index (χ2n) is 5.37. The lowest BCUT2D eigenvalue weighted by Crippen LogP contribution is -2.83. The number of hydrogen-bond donors (Lipinski definition) is 2. The van der Waals surface area contributed by atoms with Crippen LogP contribution in [0.15, 0.2) is 34.8 Å². The molecule has 2 rings (SSSR count). The zero-order chi connectivity index (χ0) is 18.2. The minimum absolute atomic E-state index is 0.155. The molecule has 0 spiro atoms. The van der Waals surface area contributed by atoms with Gasteiger partial charge in [-0.1, -0.05) is 29.3 Å². The predicted octanol–water partition coefficient (Wildman–Crippen LogP) is 3.79. The fourth-order valence-electron chi connectivity index (χ4n) is 2.29. The van der Waals surface area contributed by atoms with Crippen LogP contribution in [0.25, 0.3) is 0 Å². The van der Waals surface area contributed by atoms with E-state index in [2.05, 4.69) is 15.9 Å². The van der Waals surface area contributed by atoms with Crippen molar-refractivity contribution in [3.63, 3.8) is 0 Å². The Balaban J connectivity index is 2.17. The summed E-state index contributed by atoms with van der Waals surface area (Å²) in [6, 6.07) is 9.28. The molecule has 0 saturated carbocycles. The SMILES string of the molecule is CCOc1cc(C[NH2+]CCO)cc(Br)c1OCc1ccc(Cl)cc1Cl. The number of rotatable bonds is 9. The van der Waals surface area contributed by atoms with E-state index in [-0.39, 0.29) is 6.61 Å². The largest absolute Gasteiger partial charge is 0.490 e. The highest BCUT2D eigenvalue weighted by molar-refractivity contribution is 9.10. The molecule has 3 N–H and O–H groups in total. The molecule has 0 radical (unpaired) electrons. The summed E-state index contributed by atoms with van der Waals surface area (Å²) in [6.07, 6.45) is 0. The molecule has 0 saturated heterocycles. The molecule has 0 unspecified atom stereocenters. The van der Waals surface area contributed by atoms with Gasteiger partial charge in [0.15, 0.2) is 11.5 Å². The van der Waals surface area contributed by atoms with E-state index in [0.29, 0.717) is 41.3 Å². The number of nitrogens with two attached hydrogens (primary N) is 1. The maximum Gasteiger partial charge on any atom is 0.175 e. The Labute approximate surface area is 166 Å². The normalized spacial score (nSPS) is 10.8. The molecular formula is C18H21BrCl2NO3+. The molecule has 0 bridgehead atoms. The van der Waals surface area contributed by atoms with Crippen LogP contribution in [-0.2, 0) is 13.2 Å². The summed E-state index contributed by atoms with van der Waals surface area (Å²) in [7, 11) is 0. The quantitative estimate of drug-likeness (QED) is 0.572. The van der Waals surface area contributed by atoms with Crippen LogP contribution >= 0.6 is 39.1 Å². The van der Waals surface area contributed by atoms with Gasteiger partial charge in [-0.25, -0.2) is 0 Å². The Hall–Kier alpha value is -0.980. The van der Waals surface area contributed by atoms with Crippen LogP contribution in [0.4, 0.5) is 0 Å². The second kappa shape index (κ2) is 10.2. The van der Waals surface area contributed by atoms with Gasteiger partial charge < -0.3 is 19.9 Å². The Morgan fingerprint density at radius 2 is 1.96 bits per heavy atom. The van der Waals surface area contributed by atoms with Crippen molar-refractivity contribution in [2.75, 3.05) is 19.8 Å². The lowest BCUT2D eigenvalue weighted by Gasteiger charge is -2.16. The number of ether oxygens (including phenoxy) is 2. The highest BCUT2D eigenvalue weighted by atomic mass is 79.9. The van der Waals surface area contributed by atoms with Crippen molar-refractivity contribution < 1.29 is 19.9 Å². The molecule has 0 aromatic heterocycles. The van der Waals surface area contributed by atoms with Crippen LogP contribution in [0.5, 0.6) is 11.5 Å². The van der Waals surface area contributed by atoms with Crippen molar-refractivity contribution in [3.05, 3.63) is 56.0 Å². The summed E-state index contributed by atoms with van der Waals surface area (Å²) in [6.45, 7) is 4.34. The molecule has 7 heteroatoms. The molecule has 0 aliphatic rings. The zero-order valence-electron chi connectivity index (χ0n) is 13.9. The predicted molar refractivity (Wildman–Crippen MR) is 104 cm³/mol. The van der Waals surface area contributed by atoms with Gasteiger partial charge in [0.2, 0.25) is 0 Å². The van der Waals surface area contributed by atoms with Gasteiger partial charge in [0.1, 0.15) is 13.2 Å². The molecule has 0 heterocycles. The molecule has 136 valence electrons. The molecule has 0 amide bonds. The van der Waals surface area contributed by atoms with Crippen molar-refractivity contribution in [1.29, 1.82) is 0 Å². The summed E-state index contributed by atoms with van der Waals surface area (Å²) >= 11 is 15.7. The van der Waals surface area contributed by atoms with Gasteiger partial charge in [-0.15, -0.1) is 0 Å². The molecule has 25 heavy (non-hydrogen) atoms. The summed E-state index contributed by atoms with van der Waals surface area (Å²) in [4.78, 5) is 0. The first-order chi connectivity index (χ1) is 12.0. The van der Waals surface area contributed by atoms with Gasteiger partial charge in [0.05, 0.1) is 24.2 Å². The average molecular weight is 450 g/mol. The van der Waals surface area contributed by atoms with Crippen molar-refractivity contribution in [2.45, 2.75) is 20.1 Å². The number of hydrogen-bond acceptors (Lipinski definition) is 3. The lowest BCUT2D eigenvalue weighted by atomic mass is 10.2. The van der Waals surface area contributed by atoms with Crippen LogP contribution < -0.4 is 14.8 Å². The molecule has 0 aliphatic heterocycles. The standard InChI is InChI=1S/C18H20BrCl2NO3/c1-2-24-17-8-12(10-22-5-6-23)7-15(19)18(17)25-11-13-3-4-14(20)9-16(13)21/h3-4,7-9,22-23H,2,5-6,10-11H2,1H3/p+1. The third kappa shape index (κ3) is 6.04. The Morgan fingerprint density at radius 3 is 2.64 bits per heavy atom. The van der Waals surface area contributed by atoms with Crippen molar-refractivity contribution >= 4 is 39.1 Å². The van der Waals surface area contributed by atoms with Crippen LogP contribution in [0.2, 0.25) is 10.0 Å². The molecule has 0 aliphatic carbocycles. The fourth-order valence-corrected chi connectivity index (χ4v) is 3.36. The third-order valence-electron chi connectivity index (χ3n) is 3.47. The minimum atomic E-state index is 0.155. The molecule has 0 atom stereocenters. The number of halogens is 3. The average Bonchev–Trinajstić information content (AvgIpc) is 2.56. The molecule has 4 nitrogen and oxygen atoms in total. The van der Waals surface area contributed by atoms with E-state index in [1.807, 2.05) is 30.4 Å². The van der Waals surface area contributed by atoms with Gasteiger partial charge in [-0.3, -0.25) is 0 Å². The lowest BCUT2D eigenvalue weighted by molar-refractivity contribution is -0.671. The summed E-state index contributed by atoms with van der Waals surface area (Å²) in [5.74, 6) is 1.31. The summed E-state index contributed by atoms with van der Waals surface area (Å²) < 4.78 is 12.5. The minimum Gasteiger partial charge on any atom is -0.490 e. The molecular weight excluding hydrogens is 429 g/mol. The van der Waals surface area contributed by atoms with Gasteiger partial charge in [0.25, 0.3) is 0 Å². The van der Waals surface area contributed by atoms with Crippen molar-refractivity contribution in [2.24, 2.45) is 0 Å². The first kappa shape index (κ1) is 20.3. The first-order valence-corrected chi connectivity index (χ1v) is 9.54. The smallest absolute Gasteiger partial charge is 0.175 e. The van der Waals surface area contributed by atoms with Gasteiger partial charge in [-0.05, 0) is 47.1 Å². The van der Waals surface area contributed by atoms with Crippen LogP contribution in [-0.4, -0.2) is 24.9 Å². The fraction of sp³-hybridized carbons (Fsp3) is 0.333. The Bertz CT molecular complexity index is 713. The van der Waals surface area contributed by atoms with E-state index in [1.54, 1.807) is 12.1 Å². The van der Waals surface area contributed by atoms with Gasteiger partial charge in [-0.2, -0.15) is 0 Å². The van der Waals surface area contributed by atoms with Crippen LogP contribution in [0.3, 0.4) is 0 Å². The van der Waals surface area contributed by atoms with E-state index in [0.717, 1.165) is 22.1 Å². The number of quaternary nitrogens is 1. The molecule has 2 aromatic rings. The van der Waals surface area contributed by atoms with E-state index in [4.69, 9.17) is 37.8 Å². The molecule has 2 aromatic carbocycles. The Morgan fingerprint density at radius 1 is 1.16 bits per heavy atom. The number of aliphatic hydroxyl groups excluding tert-OH is 1. The highest BCUT2D eigenvalue weighted by Crippen LogP contribution is 2.37. The Kier molecular flexibility index (Phi) is 8.33. The zero-order valence-corrected chi connectivity index (χ0v) is 17.0. The highest BCUT2D eigenvalue weighted by Gasteiger charge is 2.14. The number of benzene rings is 2. The van der Waals surface area contributed by atoms with Gasteiger partial charge in [0, 0.05) is 21.2 Å². The molecule has 0 fully saturated rings. The van der Waals surface area contributed by atoms with E-state index < -0.39 is 0 Å². The van der Waals surface area contributed by atoms with E-state index in [9.17, 15) is 0 Å². The van der Waals surface area contributed by atoms with E-state index in [1.165, 1.54) is 0 Å². The van der Waals surface area contributed by atoms with Crippen molar-refractivity contribution in [3.8, 4) is 11.5 Å². The van der Waals surface area contributed by atoms with Gasteiger partial charge >= 0.3 is 0 Å². The van der Waals surface area contributed by atoms with E-state index >= 15 is 0 Å². The van der Waals surface area contributed by atoms with Crippen molar-refractivity contribution in [1.82, 2.24) is 0 Å². The maximum absolute atomic E-state index is 8.90. The topological polar surface area (TPSA) is 55.3 Å². The van der Waals surface area contributed by atoms with Crippen LogP contribution in [0.1, 0.15) is 18.1 Å². The van der Waals surface area contributed by atoms with Crippen LogP contribution in [0, 0.1) is 0 Å². The monoisotopic (exact) mass is 448 g/mol. The second-order valence-corrected chi connectivity index (χ2v) is 7.07. The first-order valence-electron chi connectivity index (χ1n) is 7.99. The third-order valence-corrected chi connectivity index (χ3v) is 4.65. The maximum atomic E-state index is 8.90. The summed E-state index contributed by atoms with van der Waals surface area (Å²) in [5, 5.41) is 12.1.